The quantitative estimate of drug-likeness (QED) is 0.857. The molecule has 1 N–H and O–H groups in total. The van der Waals surface area contributed by atoms with Gasteiger partial charge in [0.15, 0.2) is 0 Å². The number of aliphatic hydroxyl groups is 1. The second-order valence-electron chi connectivity index (χ2n) is 5.42. The van der Waals surface area contributed by atoms with Crippen LogP contribution in [0, 0.1) is 5.92 Å². The van der Waals surface area contributed by atoms with Crippen LogP contribution in [0.3, 0.4) is 0 Å². The Morgan fingerprint density at radius 1 is 1.29 bits per heavy atom. The van der Waals surface area contributed by atoms with Crippen molar-refractivity contribution in [3.8, 4) is 0 Å². The molecule has 0 saturated heterocycles. The molecule has 0 spiro atoms. The average Bonchev–Trinajstić information content (AvgIpc) is 2.18. The highest BCUT2D eigenvalue weighted by Crippen LogP contribution is 2.35. The third kappa shape index (κ3) is 3.61. The molecule has 1 fully saturated rings. The van der Waals surface area contributed by atoms with E-state index >= 15 is 0 Å². The van der Waals surface area contributed by atoms with E-state index in [-0.39, 0.29) is 0 Å². The van der Waals surface area contributed by atoms with E-state index in [4.69, 9.17) is 23.2 Å². The summed E-state index contributed by atoms with van der Waals surface area (Å²) in [5, 5.41) is 11.5. The van der Waals surface area contributed by atoms with Crippen molar-refractivity contribution >= 4 is 23.2 Å². The predicted molar refractivity (Wildman–Crippen MR) is 72.7 cm³/mol. The summed E-state index contributed by atoms with van der Waals surface area (Å²) in [6, 6.07) is 5.57. The maximum atomic E-state index is 10.4. The second-order valence-corrected chi connectivity index (χ2v) is 6.24. The molecule has 2 rings (SSSR count). The molecule has 0 heterocycles. The molecular weight excluding hydrogens is 255 g/mol. The van der Waals surface area contributed by atoms with Gasteiger partial charge in [-0.1, -0.05) is 48.5 Å². The number of benzene rings is 1. The molecule has 0 aliphatic heterocycles. The fourth-order valence-corrected chi connectivity index (χ4v) is 2.80. The largest absolute Gasteiger partial charge is 0.390 e. The normalized spacial score (nSPS) is 19.8. The van der Waals surface area contributed by atoms with Crippen LogP contribution in [0.5, 0.6) is 0 Å². The zero-order chi connectivity index (χ0) is 12.5. The molecule has 1 atom stereocenters. The molecule has 1 aromatic rings. The van der Waals surface area contributed by atoms with Crippen LogP contribution in [-0.4, -0.2) is 10.7 Å². The minimum Gasteiger partial charge on any atom is -0.390 e. The molecule has 0 radical (unpaired) electrons. The highest BCUT2D eigenvalue weighted by atomic mass is 35.5. The van der Waals surface area contributed by atoms with Crippen molar-refractivity contribution in [1.29, 1.82) is 0 Å². The Morgan fingerprint density at radius 2 is 2.00 bits per heavy atom. The Morgan fingerprint density at radius 3 is 2.53 bits per heavy atom. The molecule has 1 aromatic carbocycles. The van der Waals surface area contributed by atoms with E-state index in [1.807, 2.05) is 19.1 Å². The van der Waals surface area contributed by atoms with Crippen LogP contribution in [0.25, 0.3) is 0 Å². The Labute approximate surface area is 113 Å². The highest BCUT2D eigenvalue weighted by Gasteiger charge is 2.29. The molecule has 0 aromatic heterocycles. The molecular formula is C14H18Cl2O. The SMILES string of the molecule is CC(O)(Cc1ccc(Cl)c(Cl)c1)CC1CCC1. The maximum Gasteiger partial charge on any atom is 0.0662 e. The minimum atomic E-state index is -0.637. The summed E-state index contributed by atoms with van der Waals surface area (Å²) in [4.78, 5) is 0. The molecule has 0 amide bonds. The van der Waals surface area contributed by atoms with Crippen LogP contribution in [0.4, 0.5) is 0 Å². The van der Waals surface area contributed by atoms with Gasteiger partial charge in [-0.15, -0.1) is 0 Å². The van der Waals surface area contributed by atoms with E-state index in [2.05, 4.69) is 0 Å². The van der Waals surface area contributed by atoms with E-state index in [1.165, 1.54) is 19.3 Å². The van der Waals surface area contributed by atoms with Crippen LogP contribution in [-0.2, 0) is 6.42 Å². The van der Waals surface area contributed by atoms with Gasteiger partial charge in [0.2, 0.25) is 0 Å². The molecule has 1 saturated carbocycles. The van der Waals surface area contributed by atoms with Gasteiger partial charge in [-0.05, 0) is 37.0 Å². The van der Waals surface area contributed by atoms with Crippen LogP contribution in [0.1, 0.15) is 38.2 Å². The maximum absolute atomic E-state index is 10.4. The first-order chi connectivity index (χ1) is 7.96. The van der Waals surface area contributed by atoms with Gasteiger partial charge in [-0.3, -0.25) is 0 Å². The Balaban J connectivity index is 2.00. The molecule has 0 bridgehead atoms. The molecule has 1 aliphatic carbocycles. The van der Waals surface area contributed by atoms with Crippen molar-refractivity contribution in [2.75, 3.05) is 0 Å². The standard InChI is InChI=1S/C14H18Cl2O/c1-14(17,8-10-3-2-4-10)9-11-5-6-12(15)13(16)7-11/h5-7,10,17H,2-4,8-9H2,1H3. The third-order valence-electron chi connectivity index (χ3n) is 3.52. The first kappa shape index (κ1) is 13.2. The minimum absolute atomic E-state index is 0.559. The fourth-order valence-electron chi connectivity index (χ4n) is 2.48. The predicted octanol–water partition coefficient (Wildman–Crippen LogP) is 4.48. The Bertz CT molecular complexity index is 397. The molecule has 1 aliphatic rings. The summed E-state index contributed by atoms with van der Waals surface area (Å²) in [7, 11) is 0. The highest BCUT2D eigenvalue weighted by molar-refractivity contribution is 6.42. The van der Waals surface area contributed by atoms with Gasteiger partial charge in [0.05, 0.1) is 15.6 Å². The van der Waals surface area contributed by atoms with E-state index in [1.54, 1.807) is 6.07 Å². The number of hydrogen-bond donors (Lipinski definition) is 1. The van der Waals surface area contributed by atoms with Crippen molar-refractivity contribution in [3.05, 3.63) is 33.8 Å². The van der Waals surface area contributed by atoms with Crippen LogP contribution < -0.4 is 0 Å². The topological polar surface area (TPSA) is 20.2 Å². The van der Waals surface area contributed by atoms with Crippen LogP contribution in [0.15, 0.2) is 18.2 Å². The lowest BCUT2D eigenvalue weighted by atomic mass is 9.76. The van der Waals surface area contributed by atoms with Gasteiger partial charge in [0.25, 0.3) is 0 Å². The Hall–Kier alpha value is -0.240. The van der Waals surface area contributed by atoms with Gasteiger partial charge in [-0.25, -0.2) is 0 Å². The zero-order valence-electron chi connectivity index (χ0n) is 10.0. The smallest absolute Gasteiger partial charge is 0.0662 e. The van der Waals surface area contributed by atoms with Gasteiger partial charge < -0.3 is 5.11 Å². The summed E-state index contributed by atoms with van der Waals surface area (Å²) in [6.45, 7) is 1.91. The average molecular weight is 273 g/mol. The van der Waals surface area contributed by atoms with Crippen molar-refractivity contribution < 1.29 is 5.11 Å². The van der Waals surface area contributed by atoms with Crippen molar-refractivity contribution in [2.45, 2.75) is 44.6 Å². The van der Waals surface area contributed by atoms with Crippen molar-refractivity contribution in [3.63, 3.8) is 0 Å². The molecule has 94 valence electrons. The van der Waals surface area contributed by atoms with Gasteiger partial charge >= 0.3 is 0 Å². The summed E-state index contributed by atoms with van der Waals surface area (Å²) < 4.78 is 0. The third-order valence-corrected chi connectivity index (χ3v) is 4.26. The van der Waals surface area contributed by atoms with E-state index in [9.17, 15) is 5.11 Å². The number of rotatable bonds is 4. The number of halogens is 2. The second kappa shape index (κ2) is 5.17. The first-order valence-electron chi connectivity index (χ1n) is 6.13. The van der Waals surface area contributed by atoms with E-state index in [0.29, 0.717) is 22.4 Å². The molecule has 1 nitrogen and oxygen atoms in total. The van der Waals surface area contributed by atoms with Crippen LogP contribution >= 0.6 is 23.2 Å². The summed E-state index contributed by atoms with van der Waals surface area (Å²) in [5.41, 5.74) is 0.408. The fraction of sp³-hybridized carbons (Fsp3) is 0.571. The molecule has 1 unspecified atom stereocenters. The van der Waals surface area contributed by atoms with E-state index < -0.39 is 5.60 Å². The lowest BCUT2D eigenvalue weighted by Crippen LogP contribution is -2.32. The van der Waals surface area contributed by atoms with Gasteiger partial charge in [-0.2, -0.15) is 0 Å². The summed E-state index contributed by atoms with van der Waals surface area (Å²) in [5.74, 6) is 0.702. The lowest BCUT2D eigenvalue weighted by molar-refractivity contribution is 0.0204. The summed E-state index contributed by atoms with van der Waals surface area (Å²) >= 11 is 11.8. The monoisotopic (exact) mass is 272 g/mol. The summed E-state index contributed by atoms with van der Waals surface area (Å²) in [6.07, 6.45) is 5.36. The van der Waals surface area contributed by atoms with Crippen LogP contribution in [0.2, 0.25) is 10.0 Å². The molecule has 17 heavy (non-hydrogen) atoms. The zero-order valence-corrected chi connectivity index (χ0v) is 11.6. The van der Waals surface area contributed by atoms with Gasteiger partial charge in [0, 0.05) is 6.42 Å². The van der Waals surface area contributed by atoms with Crippen molar-refractivity contribution in [1.82, 2.24) is 0 Å². The van der Waals surface area contributed by atoms with Gasteiger partial charge in [0.1, 0.15) is 0 Å². The Kier molecular flexibility index (Phi) is 4.02. The first-order valence-corrected chi connectivity index (χ1v) is 6.88. The lowest BCUT2D eigenvalue weighted by Gasteiger charge is -2.33. The molecule has 3 heteroatoms. The van der Waals surface area contributed by atoms with Crippen molar-refractivity contribution in [2.24, 2.45) is 5.92 Å². The van der Waals surface area contributed by atoms with E-state index in [0.717, 1.165) is 12.0 Å². The number of hydrogen-bond acceptors (Lipinski definition) is 1.